The summed E-state index contributed by atoms with van der Waals surface area (Å²) in [4.78, 5) is 4.39. The molecule has 26 heavy (non-hydrogen) atoms. The van der Waals surface area contributed by atoms with Crippen molar-refractivity contribution < 1.29 is 26.3 Å². The van der Waals surface area contributed by atoms with Crippen LogP contribution >= 0.6 is 0 Å². The van der Waals surface area contributed by atoms with Gasteiger partial charge in [-0.05, 0) is 38.5 Å². The third-order valence-corrected chi connectivity index (χ3v) is 5.96. The Bertz CT molecular complexity index is 571. The highest BCUT2D eigenvalue weighted by Gasteiger charge is 2.50. The van der Waals surface area contributed by atoms with Crippen molar-refractivity contribution in [1.82, 2.24) is 14.9 Å². The highest BCUT2D eigenvalue weighted by molar-refractivity contribution is 7.90. The molecular weight excluding hydrogens is 373 g/mol. The van der Waals surface area contributed by atoms with Gasteiger partial charge < -0.3 is 15.4 Å². The Hall–Kier alpha value is -1.07. The summed E-state index contributed by atoms with van der Waals surface area (Å²) in [6.45, 7) is 4.02. The maximum Gasteiger partial charge on any atom is 0.511 e. The second-order valence-corrected chi connectivity index (χ2v) is 8.48. The predicted molar refractivity (Wildman–Crippen MR) is 92.2 cm³/mol. The molecule has 0 spiro atoms. The molecule has 1 saturated heterocycles. The van der Waals surface area contributed by atoms with Crippen LogP contribution in [0.2, 0.25) is 0 Å². The van der Waals surface area contributed by atoms with Crippen molar-refractivity contribution >= 4 is 16.0 Å². The number of aliphatic imine (C=N–C) groups is 1. The van der Waals surface area contributed by atoms with Gasteiger partial charge >= 0.3 is 15.5 Å². The van der Waals surface area contributed by atoms with E-state index in [0.29, 0.717) is 35.9 Å². The first kappa shape index (κ1) is 21.2. The molecule has 1 aliphatic carbocycles. The minimum Gasteiger partial charge on any atom is -0.379 e. The maximum absolute atomic E-state index is 12.6. The molecule has 2 N–H and O–H groups in total. The van der Waals surface area contributed by atoms with Crippen molar-refractivity contribution in [3.63, 3.8) is 0 Å². The van der Waals surface area contributed by atoms with Crippen molar-refractivity contribution in [2.24, 2.45) is 10.9 Å². The van der Waals surface area contributed by atoms with E-state index in [-0.39, 0.29) is 32.0 Å². The Morgan fingerprint density at radius 2 is 1.88 bits per heavy atom. The number of nitrogens with zero attached hydrogens (tertiary/aromatic N) is 2. The van der Waals surface area contributed by atoms with Gasteiger partial charge in [0.25, 0.3) is 0 Å². The van der Waals surface area contributed by atoms with Crippen LogP contribution in [0.5, 0.6) is 0 Å². The number of ether oxygens (including phenoxy) is 1. The topological polar surface area (TPSA) is 83.0 Å². The van der Waals surface area contributed by atoms with Gasteiger partial charge in [0.1, 0.15) is 0 Å². The summed E-state index contributed by atoms with van der Waals surface area (Å²) < 4.78 is 66.7. The highest BCUT2D eigenvalue weighted by Crippen LogP contribution is 2.29. The molecule has 2 fully saturated rings. The lowest BCUT2D eigenvalue weighted by molar-refractivity contribution is -0.0494. The summed E-state index contributed by atoms with van der Waals surface area (Å²) in [5.74, 6) is 1.27. The van der Waals surface area contributed by atoms with Gasteiger partial charge in [-0.25, -0.2) is 8.42 Å². The first-order chi connectivity index (χ1) is 12.2. The van der Waals surface area contributed by atoms with Gasteiger partial charge in [-0.1, -0.05) is 0 Å². The smallest absolute Gasteiger partial charge is 0.379 e. The molecular formula is C15H27F3N4O3S. The first-order valence-corrected chi connectivity index (χ1v) is 10.4. The maximum atomic E-state index is 12.6. The highest BCUT2D eigenvalue weighted by atomic mass is 32.2. The van der Waals surface area contributed by atoms with E-state index in [4.69, 9.17) is 4.74 Å². The van der Waals surface area contributed by atoms with Crippen LogP contribution in [0.4, 0.5) is 13.2 Å². The van der Waals surface area contributed by atoms with Crippen LogP contribution in [0.25, 0.3) is 0 Å². The van der Waals surface area contributed by atoms with Gasteiger partial charge in [-0.2, -0.15) is 17.5 Å². The molecule has 1 aliphatic heterocycles. The van der Waals surface area contributed by atoms with E-state index < -0.39 is 15.5 Å². The molecule has 2 rings (SSSR count). The Labute approximate surface area is 152 Å². The fraction of sp³-hybridized carbons (Fsp3) is 0.933. The van der Waals surface area contributed by atoms with Gasteiger partial charge in [0.2, 0.25) is 0 Å². The summed E-state index contributed by atoms with van der Waals surface area (Å²) in [6, 6.07) is -0.125. The standard InChI is InChI=1S/C15H27F3N4O3S/c1-2-19-14(20-7-10-25-11-12-3-4-12)21-13-5-8-22(9-6-13)26(23,24)15(16,17)18/h12-13H,2-11H2,1H3,(H2,19,20,21). The molecule has 0 amide bonds. The Morgan fingerprint density at radius 1 is 1.23 bits per heavy atom. The Kier molecular flexibility index (Phi) is 7.53. The van der Waals surface area contributed by atoms with Crippen LogP contribution in [-0.2, 0) is 14.8 Å². The first-order valence-electron chi connectivity index (χ1n) is 8.93. The number of rotatable bonds is 8. The molecule has 1 saturated carbocycles. The zero-order valence-electron chi connectivity index (χ0n) is 14.9. The van der Waals surface area contributed by atoms with Gasteiger partial charge in [0.05, 0.1) is 13.2 Å². The van der Waals surface area contributed by atoms with E-state index in [0.717, 1.165) is 6.61 Å². The largest absolute Gasteiger partial charge is 0.511 e. The van der Waals surface area contributed by atoms with Crippen LogP contribution in [0.3, 0.4) is 0 Å². The van der Waals surface area contributed by atoms with E-state index in [1.807, 2.05) is 6.92 Å². The van der Waals surface area contributed by atoms with Gasteiger partial charge in [0.15, 0.2) is 5.96 Å². The quantitative estimate of drug-likeness (QED) is 0.364. The molecule has 0 aromatic heterocycles. The number of hydrogen-bond donors (Lipinski definition) is 2. The molecule has 1 heterocycles. The van der Waals surface area contributed by atoms with Crippen LogP contribution < -0.4 is 10.6 Å². The van der Waals surface area contributed by atoms with Crippen LogP contribution in [-0.4, -0.2) is 69.6 Å². The van der Waals surface area contributed by atoms with Gasteiger partial charge in [0, 0.05) is 32.3 Å². The van der Waals surface area contributed by atoms with Crippen molar-refractivity contribution in [1.29, 1.82) is 0 Å². The number of piperidine rings is 1. The third kappa shape index (κ3) is 6.27. The number of hydrogen-bond acceptors (Lipinski definition) is 4. The lowest BCUT2D eigenvalue weighted by Crippen LogP contribution is -2.51. The van der Waals surface area contributed by atoms with Crippen LogP contribution in [0, 0.1) is 5.92 Å². The van der Waals surface area contributed by atoms with Crippen molar-refractivity contribution in [3.8, 4) is 0 Å². The predicted octanol–water partition coefficient (Wildman–Crippen LogP) is 1.28. The molecule has 0 atom stereocenters. The normalized spacial score (nSPS) is 21.0. The Morgan fingerprint density at radius 3 is 2.42 bits per heavy atom. The van der Waals surface area contributed by atoms with Gasteiger partial charge in [-0.15, -0.1) is 0 Å². The summed E-state index contributed by atoms with van der Waals surface area (Å²) in [5.41, 5.74) is -5.25. The minimum atomic E-state index is -5.25. The second-order valence-electron chi connectivity index (χ2n) is 6.55. The van der Waals surface area contributed by atoms with E-state index in [1.165, 1.54) is 12.8 Å². The zero-order valence-corrected chi connectivity index (χ0v) is 15.7. The number of sulfonamides is 1. The molecule has 0 aromatic carbocycles. The molecule has 0 radical (unpaired) electrons. The van der Waals surface area contributed by atoms with E-state index in [9.17, 15) is 21.6 Å². The molecule has 0 bridgehead atoms. The van der Waals surface area contributed by atoms with Crippen molar-refractivity contribution in [3.05, 3.63) is 0 Å². The molecule has 0 aromatic rings. The molecule has 11 heteroatoms. The lowest BCUT2D eigenvalue weighted by Gasteiger charge is -2.32. The number of guanidine groups is 1. The van der Waals surface area contributed by atoms with Crippen LogP contribution in [0.15, 0.2) is 4.99 Å². The molecule has 2 aliphatic rings. The summed E-state index contributed by atoms with van der Waals surface area (Å²) >= 11 is 0. The third-order valence-electron chi connectivity index (χ3n) is 4.33. The number of alkyl halides is 3. The van der Waals surface area contributed by atoms with E-state index in [2.05, 4.69) is 15.6 Å². The zero-order chi connectivity index (χ0) is 19.2. The lowest BCUT2D eigenvalue weighted by atomic mass is 10.1. The summed E-state index contributed by atoms with van der Waals surface area (Å²) in [7, 11) is -5.24. The Balaban J connectivity index is 1.77. The average Bonchev–Trinajstić information content (AvgIpc) is 3.38. The van der Waals surface area contributed by atoms with Crippen LogP contribution in [0.1, 0.15) is 32.6 Å². The monoisotopic (exact) mass is 400 g/mol. The van der Waals surface area contributed by atoms with E-state index in [1.54, 1.807) is 0 Å². The SMILES string of the molecule is CCNC(=NCCOCC1CC1)NC1CCN(S(=O)(=O)C(F)(F)F)CC1. The second kappa shape index (κ2) is 9.23. The van der Waals surface area contributed by atoms with Crippen molar-refractivity contribution in [2.45, 2.75) is 44.2 Å². The molecule has 0 unspecified atom stereocenters. The molecule has 7 nitrogen and oxygen atoms in total. The number of nitrogens with one attached hydrogen (secondary N) is 2. The molecule has 152 valence electrons. The van der Waals surface area contributed by atoms with E-state index >= 15 is 0 Å². The minimum absolute atomic E-state index is 0.125. The van der Waals surface area contributed by atoms with Gasteiger partial charge in [-0.3, -0.25) is 4.99 Å². The number of halogens is 3. The fourth-order valence-corrected chi connectivity index (χ4v) is 3.64. The summed E-state index contributed by atoms with van der Waals surface area (Å²) in [6.07, 6.45) is 3.04. The summed E-state index contributed by atoms with van der Waals surface area (Å²) in [5, 5.41) is 6.24. The fourth-order valence-electron chi connectivity index (χ4n) is 2.66. The average molecular weight is 400 g/mol. The van der Waals surface area contributed by atoms with Crippen molar-refractivity contribution in [2.75, 3.05) is 39.4 Å².